The fourth-order valence-corrected chi connectivity index (χ4v) is 1.01. The van der Waals surface area contributed by atoms with Crippen LogP contribution >= 0.6 is 0 Å². The molecule has 0 aromatic carbocycles. The van der Waals surface area contributed by atoms with Gasteiger partial charge in [-0.3, -0.25) is 0 Å². The summed E-state index contributed by atoms with van der Waals surface area (Å²) in [6.45, 7) is 4.07. The molecular weight excluding hydrogens is 150 g/mol. The Kier molecular flexibility index (Phi) is 3.54. The Morgan fingerprint density at radius 2 is 2.42 bits per heavy atom. The van der Waals surface area contributed by atoms with Crippen molar-refractivity contribution < 1.29 is 0 Å². The van der Waals surface area contributed by atoms with E-state index >= 15 is 0 Å². The van der Waals surface area contributed by atoms with Gasteiger partial charge in [-0.15, -0.1) is 0 Å². The highest BCUT2D eigenvalue weighted by atomic mass is 14.9. The van der Waals surface area contributed by atoms with E-state index in [0.29, 0.717) is 5.82 Å². The average molecular weight is 165 g/mol. The second-order valence-electron chi connectivity index (χ2n) is 2.77. The van der Waals surface area contributed by atoms with Crippen LogP contribution in [0.4, 0.5) is 5.82 Å². The molecule has 0 atom stereocenters. The van der Waals surface area contributed by atoms with Crippen LogP contribution in [0, 0.1) is 0 Å². The molecule has 0 fully saturated rings. The van der Waals surface area contributed by atoms with Gasteiger partial charge in [-0.25, -0.2) is 4.98 Å². The van der Waals surface area contributed by atoms with Gasteiger partial charge in [0, 0.05) is 12.7 Å². The highest BCUT2D eigenvalue weighted by Crippen LogP contribution is 2.01. The smallest absolute Gasteiger partial charge is 0.123 e. The lowest BCUT2D eigenvalue weighted by atomic mass is 10.2. The fourth-order valence-electron chi connectivity index (χ4n) is 1.01. The molecule has 0 saturated heterocycles. The molecule has 1 aromatic rings. The van der Waals surface area contributed by atoms with Crippen molar-refractivity contribution in [1.82, 2.24) is 10.3 Å². The molecule has 3 nitrogen and oxygen atoms in total. The molecular formula is C9H15N3. The first kappa shape index (κ1) is 9.00. The Bertz CT molecular complexity index is 235. The number of hydrogen-bond acceptors (Lipinski definition) is 3. The summed E-state index contributed by atoms with van der Waals surface area (Å²) in [5.74, 6) is 0.589. The Balaban J connectivity index is 2.41. The molecule has 0 spiro atoms. The first-order valence-electron chi connectivity index (χ1n) is 4.24. The van der Waals surface area contributed by atoms with E-state index < -0.39 is 0 Å². The third-order valence-electron chi connectivity index (χ3n) is 1.60. The number of pyridine rings is 1. The van der Waals surface area contributed by atoms with Gasteiger partial charge in [0.15, 0.2) is 0 Å². The average Bonchev–Trinajstić information content (AvgIpc) is 2.05. The highest BCUT2D eigenvalue weighted by molar-refractivity contribution is 5.31. The zero-order valence-electron chi connectivity index (χ0n) is 7.38. The van der Waals surface area contributed by atoms with E-state index in [1.807, 2.05) is 12.1 Å². The molecule has 12 heavy (non-hydrogen) atoms. The number of nitrogens with one attached hydrogen (secondary N) is 1. The van der Waals surface area contributed by atoms with Crippen molar-refractivity contribution in [2.75, 3.05) is 12.3 Å². The van der Waals surface area contributed by atoms with Gasteiger partial charge in [-0.05, 0) is 30.7 Å². The van der Waals surface area contributed by atoms with Gasteiger partial charge in [0.25, 0.3) is 0 Å². The highest BCUT2D eigenvalue weighted by Gasteiger charge is 1.92. The molecule has 0 aliphatic heterocycles. The maximum Gasteiger partial charge on any atom is 0.123 e. The normalized spacial score (nSPS) is 10.1. The summed E-state index contributed by atoms with van der Waals surface area (Å²) in [6.07, 6.45) is 2.89. The van der Waals surface area contributed by atoms with Crippen molar-refractivity contribution in [3.63, 3.8) is 0 Å². The van der Waals surface area contributed by atoms with Crippen molar-refractivity contribution >= 4 is 5.82 Å². The van der Waals surface area contributed by atoms with Crippen molar-refractivity contribution in [1.29, 1.82) is 0 Å². The fraction of sp³-hybridized carbons (Fsp3) is 0.444. The minimum Gasteiger partial charge on any atom is -0.384 e. The lowest BCUT2D eigenvalue weighted by Gasteiger charge is -2.02. The first-order valence-corrected chi connectivity index (χ1v) is 4.24. The third-order valence-corrected chi connectivity index (χ3v) is 1.60. The van der Waals surface area contributed by atoms with Crippen molar-refractivity contribution in [2.24, 2.45) is 0 Å². The predicted octanol–water partition coefficient (Wildman–Crippen LogP) is 1.16. The van der Waals surface area contributed by atoms with Gasteiger partial charge in [-0.2, -0.15) is 0 Å². The minimum absolute atomic E-state index is 0.589. The van der Waals surface area contributed by atoms with E-state index in [2.05, 4.69) is 17.2 Å². The summed E-state index contributed by atoms with van der Waals surface area (Å²) in [4.78, 5) is 3.92. The molecule has 0 aliphatic rings. The maximum absolute atomic E-state index is 5.52. The van der Waals surface area contributed by atoms with Crippen LogP contribution < -0.4 is 11.1 Å². The number of aromatic nitrogens is 1. The summed E-state index contributed by atoms with van der Waals surface area (Å²) in [6, 6.07) is 3.86. The van der Waals surface area contributed by atoms with E-state index in [0.717, 1.165) is 19.5 Å². The number of rotatable bonds is 4. The quantitative estimate of drug-likeness (QED) is 0.658. The van der Waals surface area contributed by atoms with Crippen LogP contribution in [0.15, 0.2) is 18.3 Å². The molecule has 1 heterocycles. The SMILES string of the molecule is CCCNCc1ccnc(N)c1. The summed E-state index contributed by atoms with van der Waals surface area (Å²) >= 11 is 0. The van der Waals surface area contributed by atoms with Crippen LogP contribution in [0.1, 0.15) is 18.9 Å². The number of nitrogen functional groups attached to an aromatic ring is 1. The molecule has 0 radical (unpaired) electrons. The van der Waals surface area contributed by atoms with Gasteiger partial charge >= 0.3 is 0 Å². The maximum atomic E-state index is 5.52. The van der Waals surface area contributed by atoms with Crippen LogP contribution in [0.5, 0.6) is 0 Å². The zero-order chi connectivity index (χ0) is 8.81. The van der Waals surface area contributed by atoms with Crippen molar-refractivity contribution in [3.8, 4) is 0 Å². The molecule has 0 amide bonds. The number of anilines is 1. The van der Waals surface area contributed by atoms with E-state index in [1.165, 1.54) is 5.56 Å². The van der Waals surface area contributed by atoms with Crippen molar-refractivity contribution in [3.05, 3.63) is 23.9 Å². The summed E-state index contributed by atoms with van der Waals surface area (Å²) < 4.78 is 0. The van der Waals surface area contributed by atoms with E-state index in [1.54, 1.807) is 6.20 Å². The van der Waals surface area contributed by atoms with Crippen LogP contribution in [0.3, 0.4) is 0 Å². The predicted molar refractivity (Wildman–Crippen MR) is 50.6 cm³/mol. The molecule has 0 unspecified atom stereocenters. The topological polar surface area (TPSA) is 50.9 Å². The standard InChI is InChI=1S/C9H15N3/c1-2-4-11-7-8-3-5-12-9(10)6-8/h3,5-6,11H,2,4,7H2,1H3,(H2,10,12). The summed E-state index contributed by atoms with van der Waals surface area (Å²) in [5.41, 5.74) is 6.71. The Hall–Kier alpha value is -1.09. The number of nitrogens with two attached hydrogens (primary N) is 1. The number of hydrogen-bond donors (Lipinski definition) is 2. The minimum atomic E-state index is 0.589. The van der Waals surface area contributed by atoms with Gasteiger partial charge in [0.05, 0.1) is 0 Å². The van der Waals surface area contributed by atoms with Crippen molar-refractivity contribution in [2.45, 2.75) is 19.9 Å². The molecule has 0 saturated carbocycles. The van der Waals surface area contributed by atoms with Crippen LogP contribution in [-0.4, -0.2) is 11.5 Å². The van der Waals surface area contributed by atoms with Gasteiger partial charge in [0.2, 0.25) is 0 Å². The second-order valence-corrected chi connectivity index (χ2v) is 2.77. The molecule has 66 valence electrons. The Morgan fingerprint density at radius 1 is 1.58 bits per heavy atom. The van der Waals surface area contributed by atoms with Crippen LogP contribution in [-0.2, 0) is 6.54 Å². The first-order chi connectivity index (χ1) is 5.83. The van der Waals surface area contributed by atoms with Gasteiger partial charge in [-0.1, -0.05) is 6.92 Å². The van der Waals surface area contributed by atoms with Crippen LogP contribution in [0.2, 0.25) is 0 Å². The molecule has 0 bridgehead atoms. The molecule has 3 heteroatoms. The lowest BCUT2D eigenvalue weighted by Crippen LogP contribution is -2.13. The molecule has 1 aromatic heterocycles. The molecule has 1 rings (SSSR count). The lowest BCUT2D eigenvalue weighted by molar-refractivity contribution is 0.675. The monoisotopic (exact) mass is 165 g/mol. The summed E-state index contributed by atoms with van der Waals surface area (Å²) in [7, 11) is 0. The van der Waals surface area contributed by atoms with Crippen LogP contribution in [0.25, 0.3) is 0 Å². The Labute approximate surface area is 73.0 Å². The zero-order valence-corrected chi connectivity index (χ0v) is 7.38. The number of nitrogens with zero attached hydrogens (tertiary/aromatic N) is 1. The third kappa shape index (κ3) is 2.88. The van der Waals surface area contributed by atoms with Gasteiger partial charge in [0.1, 0.15) is 5.82 Å². The second kappa shape index (κ2) is 4.72. The largest absolute Gasteiger partial charge is 0.384 e. The molecule has 3 N–H and O–H groups in total. The van der Waals surface area contributed by atoms with E-state index in [9.17, 15) is 0 Å². The van der Waals surface area contributed by atoms with E-state index in [4.69, 9.17) is 5.73 Å². The summed E-state index contributed by atoms with van der Waals surface area (Å²) in [5, 5.41) is 3.30. The Morgan fingerprint density at radius 3 is 3.08 bits per heavy atom. The van der Waals surface area contributed by atoms with E-state index in [-0.39, 0.29) is 0 Å². The van der Waals surface area contributed by atoms with Gasteiger partial charge < -0.3 is 11.1 Å². The molecule has 0 aliphatic carbocycles.